The third kappa shape index (κ3) is 2.33. The van der Waals surface area contributed by atoms with Crippen LogP contribution in [0.15, 0.2) is 28.7 Å². The summed E-state index contributed by atoms with van der Waals surface area (Å²) in [5.74, 6) is 0.896. The molecule has 1 aromatic rings. The summed E-state index contributed by atoms with van der Waals surface area (Å²) in [5.41, 5.74) is 1.49. The van der Waals surface area contributed by atoms with E-state index in [1.54, 1.807) is 0 Å². The van der Waals surface area contributed by atoms with Gasteiger partial charge in [-0.25, -0.2) is 0 Å². The Morgan fingerprint density at radius 2 is 1.94 bits per heavy atom. The Bertz CT molecular complexity index is 365. The van der Waals surface area contributed by atoms with Crippen LogP contribution in [0.25, 0.3) is 0 Å². The van der Waals surface area contributed by atoms with Crippen LogP contribution in [0.2, 0.25) is 0 Å². The van der Waals surface area contributed by atoms with Crippen LogP contribution in [0, 0.1) is 5.92 Å². The molecule has 0 aromatic heterocycles. The van der Waals surface area contributed by atoms with Crippen LogP contribution in [0.3, 0.4) is 0 Å². The van der Waals surface area contributed by atoms with Gasteiger partial charge in [-0.2, -0.15) is 0 Å². The Hall–Kier alpha value is -0.340. The number of halogens is 1. The lowest BCUT2D eigenvalue weighted by molar-refractivity contribution is 0.298. The fraction of sp³-hybridized carbons (Fsp3) is 0.571. The molecule has 86 valence electrons. The second-order valence-corrected chi connectivity index (χ2v) is 6.23. The van der Waals surface area contributed by atoms with Crippen LogP contribution in [0.1, 0.15) is 31.2 Å². The highest BCUT2D eigenvalue weighted by Gasteiger charge is 2.33. The highest BCUT2D eigenvalue weighted by atomic mass is 79.9. The maximum Gasteiger partial charge on any atom is 0.0177 e. The van der Waals surface area contributed by atoms with Crippen LogP contribution < -0.4 is 5.32 Å². The monoisotopic (exact) mass is 279 g/mol. The summed E-state index contributed by atoms with van der Waals surface area (Å²) >= 11 is 3.55. The fourth-order valence-corrected chi connectivity index (χ4v) is 3.79. The van der Waals surface area contributed by atoms with Crippen molar-refractivity contribution in [3.63, 3.8) is 0 Å². The molecule has 2 unspecified atom stereocenters. The molecule has 0 saturated carbocycles. The molecule has 2 heteroatoms. The molecule has 2 heterocycles. The van der Waals surface area contributed by atoms with Crippen molar-refractivity contribution in [1.82, 2.24) is 5.32 Å². The van der Waals surface area contributed by atoms with Gasteiger partial charge < -0.3 is 5.32 Å². The third-order valence-corrected chi connectivity index (χ3v) is 4.48. The molecule has 2 atom stereocenters. The largest absolute Gasteiger partial charge is 0.311 e. The second-order valence-electron chi connectivity index (χ2n) is 5.31. The van der Waals surface area contributed by atoms with Gasteiger partial charge in [-0.1, -0.05) is 28.1 Å². The molecule has 1 aromatic carbocycles. The van der Waals surface area contributed by atoms with E-state index < -0.39 is 0 Å². The summed E-state index contributed by atoms with van der Waals surface area (Å²) < 4.78 is 1.21. The molecule has 2 aliphatic heterocycles. The zero-order valence-electron chi connectivity index (χ0n) is 9.45. The van der Waals surface area contributed by atoms with E-state index in [1.807, 2.05) is 0 Å². The Labute approximate surface area is 106 Å². The number of hydrogen-bond acceptors (Lipinski definition) is 1. The molecule has 1 N–H and O–H groups in total. The van der Waals surface area contributed by atoms with Gasteiger partial charge >= 0.3 is 0 Å². The number of rotatable bonds is 2. The first kappa shape index (κ1) is 10.8. The molecular formula is C14H18BrN. The van der Waals surface area contributed by atoms with Gasteiger partial charge in [-0.3, -0.25) is 0 Å². The molecule has 2 bridgehead atoms. The van der Waals surface area contributed by atoms with Crippen molar-refractivity contribution in [1.29, 1.82) is 0 Å². The standard InChI is InChI=1S/C14H18BrN/c15-12-3-1-2-10(7-12)6-11-8-13-4-5-14(9-11)16-13/h1-3,7,11,13-14,16H,4-6,8-9H2. The summed E-state index contributed by atoms with van der Waals surface area (Å²) in [6.45, 7) is 0. The topological polar surface area (TPSA) is 12.0 Å². The predicted octanol–water partition coefficient (Wildman–Crippen LogP) is 3.52. The molecule has 16 heavy (non-hydrogen) atoms. The SMILES string of the molecule is Brc1cccc(CC2CC3CCC(C2)N3)c1. The molecular weight excluding hydrogens is 262 g/mol. The number of piperidine rings is 1. The van der Waals surface area contributed by atoms with E-state index in [0.717, 1.165) is 18.0 Å². The average molecular weight is 280 g/mol. The molecule has 0 radical (unpaired) electrons. The first-order valence-corrected chi connectivity index (χ1v) is 7.09. The Morgan fingerprint density at radius 1 is 1.19 bits per heavy atom. The molecule has 3 rings (SSSR count). The van der Waals surface area contributed by atoms with E-state index in [9.17, 15) is 0 Å². The first-order chi connectivity index (χ1) is 7.79. The molecule has 2 aliphatic rings. The van der Waals surface area contributed by atoms with Crippen LogP contribution >= 0.6 is 15.9 Å². The van der Waals surface area contributed by atoms with E-state index in [4.69, 9.17) is 0 Å². The summed E-state index contributed by atoms with van der Waals surface area (Å²) in [6, 6.07) is 10.4. The van der Waals surface area contributed by atoms with Crippen LogP contribution in [0.5, 0.6) is 0 Å². The van der Waals surface area contributed by atoms with Gasteiger partial charge in [0.25, 0.3) is 0 Å². The maximum atomic E-state index is 3.71. The minimum atomic E-state index is 0.816. The van der Waals surface area contributed by atoms with Crippen molar-refractivity contribution < 1.29 is 0 Å². The predicted molar refractivity (Wildman–Crippen MR) is 70.5 cm³/mol. The van der Waals surface area contributed by atoms with Crippen LogP contribution in [-0.2, 0) is 6.42 Å². The number of benzene rings is 1. The summed E-state index contributed by atoms with van der Waals surface area (Å²) in [7, 11) is 0. The molecule has 2 fully saturated rings. The number of fused-ring (bicyclic) bond motifs is 2. The van der Waals surface area contributed by atoms with Gasteiger partial charge in [-0.15, -0.1) is 0 Å². The Kier molecular flexibility index (Phi) is 3.03. The minimum Gasteiger partial charge on any atom is -0.311 e. The van der Waals surface area contributed by atoms with Crippen molar-refractivity contribution in [2.75, 3.05) is 0 Å². The Morgan fingerprint density at radius 3 is 2.62 bits per heavy atom. The molecule has 2 saturated heterocycles. The average Bonchev–Trinajstić information content (AvgIpc) is 2.58. The Balaban J connectivity index is 1.67. The lowest BCUT2D eigenvalue weighted by Crippen LogP contribution is -2.38. The van der Waals surface area contributed by atoms with Gasteiger partial charge in [0.1, 0.15) is 0 Å². The number of hydrogen-bond donors (Lipinski definition) is 1. The minimum absolute atomic E-state index is 0.816. The van der Waals surface area contributed by atoms with Gasteiger partial charge in [0, 0.05) is 16.6 Å². The maximum absolute atomic E-state index is 3.71. The van der Waals surface area contributed by atoms with E-state index in [0.29, 0.717) is 0 Å². The van der Waals surface area contributed by atoms with E-state index in [-0.39, 0.29) is 0 Å². The molecule has 1 nitrogen and oxygen atoms in total. The zero-order chi connectivity index (χ0) is 11.0. The normalized spacial score (nSPS) is 32.9. The van der Waals surface area contributed by atoms with Gasteiger partial charge in [-0.05, 0) is 55.7 Å². The van der Waals surface area contributed by atoms with Crippen LogP contribution in [-0.4, -0.2) is 12.1 Å². The molecule has 0 aliphatic carbocycles. The van der Waals surface area contributed by atoms with Gasteiger partial charge in [0.2, 0.25) is 0 Å². The van der Waals surface area contributed by atoms with Crippen LogP contribution in [0.4, 0.5) is 0 Å². The smallest absolute Gasteiger partial charge is 0.0177 e. The summed E-state index contributed by atoms with van der Waals surface area (Å²) in [6.07, 6.45) is 6.82. The molecule has 0 amide bonds. The zero-order valence-corrected chi connectivity index (χ0v) is 11.0. The van der Waals surface area contributed by atoms with Crippen molar-refractivity contribution in [3.05, 3.63) is 34.3 Å². The van der Waals surface area contributed by atoms with Gasteiger partial charge in [0.15, 0.2) is 0 Å². The van der Waals surface area contributed by atoms with Crippen molar-refractivity contribution in [3.8, 4) is 0 Å². The highest BCUT2D eigenvalue weighted by molar-refractivity contribution is 9.10. The third-order valence-electron chi connectivity index (χ3n) is 3.98. The number of nitrogens with one attached hydrogen (secondary N) is 1. The van der Waals surface area contributed by atoms with Crippen molar-refractivity contribution in [2.45, 2.75) is 44.2 Å². The quantitative estimate of drug-likeness (QED) is 0.874. The summed E-state index contributed by atoms with van der Waals surface area (Å²) in [5, 5.41) is 3.71. The summed E-state index contributed by atoms with van der Waals surface area (Å²) in [4.78, 5) is 0. The van der Waals surface area contributed by atoms with E-state index >= 15 is 0 Å². The lowest BCUT2D eigenvalue weighted by Gasteiger charge is -2.29. The highest BCUT2D eigenvalue weighted by Crippen LogP contribution is 2.33. The van der Waals surface area contributed by atoms with E-state index in [2.05, 4.69) is 45.5 Å². The van der Waals surface area contributed by atoms with Crippen molar-refractivity contribution in [2.24, 2.45) is 5.92 Å². The second kappa shape index (κ2) is 4.50. The first-order valence-electron chi connectivity index (χ1n) is 6.30. The molecule has 0 spiro atoms. The van der Waals surface area contributed by atoms with Crippen molar-refractivity contribution >= 4 is 15.9 Å². The van der Waals surface area contributed by atoms with E-state index in [1.165, 1.54) is 42.1 Å². The lowest BCUT2D eigenvalue weighted by atomic mass is 9.87. The van der Waals surface area contributed by atoms with Gasteiger partial charge in [0.05, 0.1) is 0 Å². The fourth-order valence-electron chi connectivity index (χ4n) is 3.34.